The number of furan rings is 1. The Kier molecular flexibility index (Phi) is 6.23. The Balaban J connectivity index is 1.51. The average Bonchev–Trinajstić information content (AvgIpc) is 3.17. The Labute approximate surface area is 196 Å². The quantitative estimate of drug-likeness (QED) is 0.518. The van der Waals surface area contributed by atoms with Gasteiger partial charge in [-0.3, -0.25) is 9.59 Å². The molecule has 1 aromatic heterocycles. The number of carbonyl (C=O) groups is 2. The minimum absolute atomic E-state index is 0.0350. The summed E-state index contributed by atoms with van der Waals surface area (Å²) in [6, 6.07) is 12.2. The number of nitrogens with one attached hydrogen (secondary N) is 1. The predicted molar refractivity (Wildman–Crippen MR) is 124 cm³/mol. The Morgan fingerprint density at radius 2 is 1.56 bits per heavy atom. The molecule has 34 heavy (non-hydrogen) atoms. The number of sulfonamides is 1. The third-order valence-corrected chi connectivity index (χ3v) is 9.00. The molecule has 180 valence electrons. The smallest absolute Gasteiger partial charge is 0.286 e. The summed E-state index contributed by atoms with van der Waals surface area (Å²) in [5, 5.41) is 3.25. The number of anilines is 1. The summed E-state index contributed by atoms with van der Waals surface area (Å²) in [7, 11) is -7.83. The van der Waals surface area contributed by atoms with Crippen LogP contribution in [0.3, 0.4) is 0 Å². The minimum Gasteiger partial charge on any atom is -0.449 e. The number of hydrogen-bond acceptors (Lipinski definition) is 7. The Morgan fingerprint density at radius 1 is 0.971 bits per heavy atom. The number of nitrogens with two attached hydrogens (primary N) is 1. The van der Waals surface area contributed by atoms with Crippen LogP contribution < -0.4 is 11.1 Å². The van der Waals surface area contributed by atoms with Crippen molar-refractivity contribution in [1.29, 1.82) is 0 Å². The molecule has 0 aliphatic carbocycles. The normalized spacial score (nSPS) is 15.9. The van der Waals surface area contributed by atoms with Crippen LogP contribution in [0.25, 0.3) is 11.0 Å². The average molecular weight is 506 g/mol. The molecule has 0 unspecified atom stereocenters. The van der Waals surface area contributed by atoms with E-state index >= 15 is 0 Å². The van der Waals surface area contributed by atoms with Crippen molar-refractivity contribution in [3.63, 3.8) is 0 Å². The second-order valence-electron chi connectivity index (χ2n) is 8.05. The van der Waals surface area contributed by atoms with E-state index in [2.05, 4.69) is 5.32 Å². The molecule has 1 aliphatic heterocycles. The minimum atomic E-state index is -4.08. The van der Waals surface area contributed by atoms with Gasteiger partial charge in [0, 0.05) is 30.6 Å². The van der Waals surface area contributed by atoms with E-state index in [4.69, 9.17) is 10.2 Å². The predicted octanol–water partition coefficient (Wildman–Crippen LogP) is 1.97. The molecule has 2 amide bonds. The number of para-hydroxylation sites is 1. The van der Waals surface area contributed by atoms with E-state index in [1.807, 2.05) is 0 Å². The summed E-state index contributed by atoms with van der Waals surface area (Å²) in [6.45, 7) is 0.0701. The number of nitrogens with zero attached hydrogens (tertiary/aromatic N) is 1. The highest BCUT2D eigenvalue weighted by molar-refractivity contribution is 7.93. The van der Waals surface area contributed by atoms with Crippen LogP contribution in [0.1, 0.15) is 23.4 Å². The van der Waals surface area contributed by atoms with Crippen LogP contribution in [-0.4, -0.2) is 52.3 Å². The lowest BCUT2D eigenvalue weighted by atomic mass is 9.97. The number of hydrogen-bond donors (Lipinski definition) is 2. The van der Waals surface area contributed by atoms with Gasteiger partial charge in [0.15, 0.2) is 9.84 Å². The van der Waals surface area contributed by atoms with Gasteiger partial charge < -0.3 is 15.5 Å². The summed E-state index contributed by atoms with van der Waals surface area (Å²) >= 11 is 0. The van der Waals surface area contributed by atoms with Gasteiger partial charge in [-0.2, -0.15) is 4.31 Å². The van der Waals surface area contributed by atoms with E-state index in [-0.39, 0.29) is 53.1 Å². The van der Waals surface area contributed by atoms with Crippen molar-refractivity contribution < 1.29 is 30.8 Å². The molecule has 0 saturated carbocycles. The molecule has 0 radical (unpaired) electrons. The van der Waals surface area contributed by atoms with E-state index in [9.17, 15) is 26.4 Å². The van der Waals surface area contributed by atoms with Crippen molar-refractivity contribution in [3.8, 4) is 0 Å². The summed E-state index contributed by atoms with van der Waals surface area (Å²) in [5.74, 6) is -1.89. The number of carbonyl (C=O) groups excluding carboxylic acids is 2. The Bertz CT molecular complexity index is 1490. The lowest BCUT2D eigenvalue weighted by molar-refractivity contribution is -0.120. The molecule has 3 aromatic rings. The molecular weight excluding hydrogens is 482 g/mol. The van der Waals surface area contributed by atoms with Crippen molar-refractivity contribution in [3.05, 3.63) is 54.3 Å². The molecule has 3 N–H and O–H groups in total. The van der Waals surface area contributed by atoms with Gasteiger partial charge in [-0.25, -0.2) is 16.8 Å². The number of fused-ring (bicyclic) bond motifs is 1. The van der Waals surface area contributed by atoms with Crippen LogP contribution in [0.2, 0.25) is 0 Å². The zero-order valence-electron chi connectivity index (χ0n) is 18.2. The maximum atomic E-state index is 13.2. The van der Waals surface area contributed by atoms with E-state index in [0.717, 1.165) is 6.26 Å². The van der Waals surface area contributed by atoms with Gasteiger partial charge in [0.1, 0.15) is 16.2 Å². The Morgan fingerprint density at radius 3 is 2.18 bits per heavy atom. The van der Waals surface area contributed by atoms with Crippen LogP contribution in [0.4, 0.5) is 5.69 Å². The first-order valence-corrected chi connectivity index (χ1v) is 13.7. The number of benzene rings is 2. The summed E-state index contributed by atoms with van der Waals surface area (Å²) in [4.78, 5) is 24.2. The highest BCUT2D eigenvalue weighted by Crippen LogP contribution is 2.33. The largest absolute Gasteiger partial charge is 0.449 e. The van der Waals surface area contributed by atoms with Crippen LogP contribution in [0, 0.1) is 5.92 Å². The molecular formula is C22H23N3O7S2. The van der Waals surface area contributed by atoms with Crippen molar-refractivity contribution in [2.75, 3.05) is 24.7 Å². The van der Waals surface area contributed by atoms with Crippen LogP contribution in [0.5, 0.6) is 0 Å². The highest BCUT2D eigenvalue weighted by atomic mass is 32.2. The van der Waals surface area contributed by atoms with Crippen molar-refractivity contribution in [1.82, 2.24) is 4.31 Å². The number of amides is 2. The topological polar surface area (TPSA) is 157 Å². The van der Waals surface area contributed by atoms with Gasteiger partial charge in [0.25, 0.3) is 5.91 Å². The molecule has 1 saturated heterocycles. The first-order chi connectivity index (χ1) is 16.0. The van der Waals surface area contributed by atoms with Gasteiger partial charge in [-0.15, -0.1) is 0 Å². The fourth-order valence-corrected chi connectivity index (χ4v) is 7.11. The molecule has 12 heteroatoms. The highest BCUT2D eigenvalue weighted by Gasteiger charge is 2.35. The first-order valence-electron chi connectivity index (χ1n) is 10.4. The van der Waals surface area contributed by atoms with Crippen molar-refractivity contribution in [2.24, 2.45) is 11.7 Å². The third-order valence-electron chi connectivity index (χ3n) is 5.76. The van der Waals surface area contributed by atoms with Crippen molar-refractivity contribution >= 4 is 48.3 Å². The van der Waals surface area contributed by atoms with Gasteiger partial charge in [0.05, 0.1) is 4.90 Å². The van der Waals surface area contributed by atoms with Gasteiger partial charge in [0.2, 0.25) is 21.7 Å². The maximum Gasteiger partial charge on any atom is 0.286 e. The van der Waals surface area contributed by atoms with Crippen LogP contribution >= 0.6 is 0 Å². The lowest BCUT2D eigenvalue weighted by Crippen LogP contribution is -2.41. The van der Waals surface area contributed by atoms with Gasteiger partial charge >= 0.3 is 0 Å². The van der Waals surface area contributed by atoms with Crippen molar-refractivity contribution in [2.45, 2.75) is 22.6 Å². The van der Waals surface area contributed by atoms with E-state index < -0.39 is 31.7 Å². The standard InChI is InChI=1S/C22H23N3O7S2/c1-33(28,29)17-8-4-5-9-18(17)34(30,31)25-12-10-14(11-13-25)22(27)24-19-15-6-2-3-7-16(15)32-20(19)21(23)26/h2-9,14H,10-13H2,1H3,(H2,23,26)(H,24,27). The number of piperidine rings is 1. The van der Waals surface area contributed by atoms with Crippen LogP contribution in [-0.2, 0) is 24.7 Å². The zero-order valence-corrected chi connectivity index (χ0v) is 19.9. The number of rotatable bonds is 6. The molecule has 2 heterocycles. The second-order valence-corrected chi connectivity index (χ2v) is 11.9. The molecule has 1 aliphatic rings. The van der Waals surface area contributed by atoms with E-state index in [1.54, 1.807) is 24.3 Å². The molecule has 0 atom stereocenters. The molecule has 2 aromatic carbocycles. The maximum absolute atomic E-state index is 13.2. The number of sulfone groups is 1. The fourth-order valence-electron chi connectivity index (χ4n) is 4.04. The second kappa shape index (κ2) is 8.85. The monoisotopic (exact) mass is 505 g/mol. The molecule has 0 spiro atoms. The third kappa shape index (κ3) is 4.43. The SMILES string of the molecule is CS(=O)(=O)c1ccccc1S(=O)(=O)N1CCC(C(=O)Nc2c(C(N)=O)oc3ccccc23)CC1. The van der Waals surface area contributed by atoms with E-state index in [0.29, 0.717) is 11.0 Å². The van der Waals surface area contributed by atoms with Crippen LogP contribution in [0.15, 0.2) is 62.7 Å². The summed E-state index contributed by atoms with van der Waals surface area (Å²) < 4.78 is 57.1. The summed E-state index contributed by atoms with van der Waals surface area (Å²) in [6.07, 6.45) is 1.39. The molecule has 1 fully saturated rings. The molecule has 10 nitrogen and oxygen atoms in total. The molecule has 4 rings (SSSR count). The lowest BCUT2D eigenvalue weighted by Gasteiger charge is -2.31. The van der Waals surface area contributed by atoms with Gasteiger partial charge in [-0.1, -0.05) is 24.3 Å². The first kappa shape index (κ1) is 23.9. The zero-order chi connectivity index (χ0) is 24.7. The van der Waals surface area contributed by atoms with Gasteiger partial charge in [-0.05, 0) is 37.1 Å². The molecule has 0 bridgehead atoms. The summed E-state index contributed by atoms with van der Waals surface area (Å²) in [5.41, 5.74) is 5.98. The number of primary amides is 1. The Hall–Kier alpha value is -3.22. The fraction of sp³-hybridized carbons (Fsp3) is 0.273. The van der Waals surface area contributed by atoms with E-state index in [1.165, 1.54) is 28.6 Å².